The van der Waals surface area contributed by atoms with E-state index in [2.05, 4.69) is 20.5 Å². The summed E-state index contributed by atoms with van der Waals surface area (Å²) in [6.07, 6.45) is -2.96. The third-order valence-electron chi connectivity index (χ3n) is 3.81. The molecule has 1 N–H and O–H groups in total. The first-order valence-corrected chi connectivity index (χ1v) is 9.80. The highest BCUT2D eigenvalue weighted by Gasteiger charge is 2.33. The molecule has 0 radical (unpaired) electrons. The van der Waals surface area contributed by atoms with Crippen LogP contribution in [-0.4, -0.2) is 31.4 Å². The Morgan fingerprint density at radius 2 is 2.03 bits per heavy atom. The first-order chi connectivity index (χ1) is 13.8. The summed E-state index contributed by atoms with van der Waals surface area (Å²) in [6, 6.07) is 8.64. The van der Waals surface area contributed by atoms with Gasteiger partial charge >= 0.3 is 6.18 Å². The summed E-state index contributed by atoms with van der Waals surface area (Å²) in [5, 5.41) is 10.7. The number of thioether (sulfide) groups is 1. The van der Waals surface area contributed by atoms with Gasteiger partial charge in [0.15, 0.2) is 11.0 Å². The van der Waals surface area contributed by atoms with Gasteiger partial charge in [-0.25, -0.2) is 0 Å². The molecule has 0 unspecified atom stereocenters. The number of carbonyl (C=O) groups excluding carboxylic acids is 1. The predicted octanol–water partition coefficient (Wildman–Crippen LogP) is 4.76. The standard InChI is InChI=1S/C18H15ClF3N5OS/c1-2-27-16(14-5-3-4-8-23-14)25-26-17(27)29-10-15(28)24-11-6-7-13(19)12(9-11)18(20,21)22/h3-9H,2,10H2,1H3,(H,24,28). The Morgan fingerprint density at radius 3 is 2.69 bits per heavy atom. The number of amides is 1. The zero-order valence-corrected chi connectivity index (χ0v) is 16.6. The number of benzene rings is 1. The number of rotatable bonds is 6. The van der Waals surface area contributed by atoms with Crippen LogP contribution in [0.3, 0.4) is 0 Å². The van der Waals surface area contributed by atoms with Crippen molar-refractivity contribution in [1.29, 1.82) is 0 Å². The summed E-state index contributed by atoms with van der Waals surface area (Å²) < 4.78 is 40.6. The molecule has 1 amide bonds. The van der Waals surface area contributed by atoms with Crippen molar-refractivity contribution in [1.82, 2.24) is 19.7 Å². The van der Waals surface area contributed by atoms with Crippen molar-refractivity contribution >= 4 is 35.0 Å². The molecule has 11 heteroatoms. The number of pyridine rings is 1. The maximum Gasteiger partial charge on any atom is 0.417 e. The fourth-order valence-corrected chi connectivity index (χ4v) is 3.54. The molecule has 152 valence electrons. The Labute approximate surface area is 173 Å². The fourth-order valence-electron chi connectivity index (χ4n) is 2.51. The van der Waals surface area contributed by atoms with E-state index in [0.29, 0.717) is 23.2 Å². The molecule has 3 rings (SSSR count). The largest absolute Gasteiger partial charge is 0.417 e. The number of anilines is 1. The summed E-state index contributed by atoms with van der Waals surface area (Å²) >= 11 is 6.71. The molecular weight excluding hydrogens is 427 g/mol. The first kappa shape index (κ1) is 21.1. The van der Waals surface area contributed by atoms with E-state index < -0.39 is 22.7 Å². The quantitative estimate of drug-likeness (QED) is 0.558. The lowest BCUT2D eigenvalue weighted by Crippen LogP contribution is -2.15. The number of nitrogens with one attached hydrogen (secondary N) is 1. The van der Waals surface area contributed by atoms with E-state index >= 15 is 0 Å². The van der Waals surface area contributed by atoms with E-state index in [0.717, 1.165) is 23.9 Å². The molecule has 2 heterocycles. The molecular formula is C18H15ClF3N5OS. The molecule has 1 aromatic carbocycles. The maximum atomic E-state index is 12.9. The topological polar surface area (TPSA) is 72.7 Å². The molecule has 6 nitrogen and oxygen atoms in total. The zero-order chi connectivity index (χ0) is 21.0. The molecule has 0 aliphatic carbocycles. The monoisotopic (exact) mass is 441 g/mol. The second-order valence-corrected chi connectivity index (χ2v) is 7.14. The van der Waals surface area contributed by atoms with Gasteiger partial charge in [0, 0.05) is 18.4 Å². The van der Waals surface area contributed by atoms with Crippen LogP contribution in [0.25, 0.3) is 11.5 Å². The number of aromatic nitrogens is 4. The highest BCUT2D eigenvalue weighted by molar-refractivity contribution is 7.99. The Hall–Kier alpha value is -2.59. The summed E-state index contributed by atoms with van der Waals surface area (Å²) in [5.74, 6) is 0.0450. The van der Waals surface area contributed by atoms with Gasteiger partial charge in [0.1, 0.15) is 5.69 Å². The van der Waals surface area contributed by atoms with Gasteiger partial charge in [-0.1, -0.05) is 29.4 Å². The van der Waals surface area contributed by atoms with Crippen molar-refractivity contribution in [2.24, 2.45) is 0 Å². The van der Waals surface area contributed by atoms with Gasteiger partial charge in [0.25, 0.3) is 0 Å². The Morgan fingerprint density at radius 1 is 1.24 bits per heavy atom. The van der Waals surface area contributed by atoms with Crippen molar-refractivity contribution in [3.8, 4) is 11.5 Å². The van der Waals surface area contributed by atoms with Crippen molar-refractivity contribution in [3.63, 3.8) is 0 Å². The average molecular weight is 442 g/mol. The average Bonchev–Trinajstić information content (AvgIpc) is 3.10. The van der Waals surface area contributed by atoms with Gasteiger partial charge in [-0.15, -0.1) is 10.2 Å². The van der Waals surface area contributed by atoms with Gasteiger partial charge in [-0.3, -0.25) is 9.78 Å². The Bertz CT molecular complexity index is 1010. The van der Waals surface area contributed by atoms with Gasteiger partial charge in [0.2, 0.25) is 5.91 Å². The molecule has 0 aliphatic heterocycles. The van der Waals surface area contributed by atoms with E-state index in [1.54, 1.807) is 18.3 Å². The minimum atomic E-state index is -4.61. The van der Waals surface area contributed by atoms with Crippen LogP contribution >= 0.6 is 23.4 Å². The number of halogens is 4. The molecule has 0 fully saturated rings. The van der Waals surface area contributed by atoms with Crippen molar-refractivity contribution in [3.05, 3.63) is 53.2 Å². The van der Waals surface area contributed by atoms with Gasteiger partial charge in [-0.05, 0) is 37.3 Å². The van der Waals surface area contributed by atoms with Crippen LogP contribution in [0.15, 0.2) is 47.8 Å². The molecule has 3 aromatic rings. The van der Waals surface area contributed by atoms with Crippen molar-refractivity contribution < 1.29 is 18.0 Å². The van der Waals surface area contributed by atoms with Crippen LogP contribution in [-0.2, 0) is 17.5 Å². The highest BCUT2D eigenvalue weighted by atomic mass is 35.5. The van der Waals surface area contributed by atoms with Crippen LogP contribution < -0.4 is 5.32 Å². The molecule has 0 saturated heterocycles. The zero-order valence-electron chi connectivity index (χ0n) is 15.1. The molecule has 0 atom stereocenters. The lowest BCUT2D eigenvalue weighted by Gasteiger charge is -2.12. The number of carbonyl (C=O) groups is 1. The normalized spacial score (nSPS) is 11.5. The summed E-state index contributed by atoms with van der Waals surface area (Å²) in [4.78, 5) is 16.4. The number of hydrogen-bond acceptors (Lipinski definition) is 5. The third kappa shape index (κ3) is 5.07. The maximum absolute atomic E-state index is 12.9. The molecule has 0 aliphatic rings. The van der Waals surface area contributed by atoms with Crippen LogP contribution in [0.5, 0.6) is 0 Å². The predicted molar refractivity (Wildman–Crippen MR) is 105 cm³/mol. The number of hydrogen-bond donors (Lipinski definition) is 1. The lowest BCUT2D eigenvalue weighted by atomic mass is 10.2. The minimum absolute atomic E-state index is 0.0125. The molecule has 0 bridgehead atoms. The number of alkyl halides is 3. The summed E-state index contributed by atoms with van der Waals surface area (Å²) in [7, 11) is 0. The van der Waals surface area contributed by atoms with Gasteiger partial charge in [-0.2, -0.15) is 13.2 Å². The van der Waals surface area contributed by atoms with Crippen molar-refractivity contribution in [2.45, 2.75) is 24.8 Å². The van der Waals surface area contributed by atoms with Gasteiger partial charge < -0.3 is 9.88 Å². The van der Waals surface area contributed by atoms with E-state index in [1.807, 2.05) is 17.6 Å². The minimum Gasteiger partial charge on any atom is -0.325 e. The van der Waals surface area contributed by atoms with Crippen LogP contribution in [0.4, 0.5) is 18.9 Å². The van der Waals surface area contributed by atoms with E-state index in [1.165, 1.54) is 6.07 Å². The SMILES string of the molecule is CCn1c(SCC(=O)Nc2ccc(Cl)c(C(F)(F)F)c2)nnc1-c1ccccn1. The van der Waals surface area contributed by atoms with Crippen LogP contribution in [0.2, 0.25) is 5.02 Å². The summed E-state index contributed by atoms with van der Waals surface area (Å²) in [6.45, 7) is 2.47. The van der Waals surface area contributed by atoms with E-state index in [9.17, 15) is 18.0 Å². The van der Waals surface area contributed by atoms with Crippen LogP contribution in [0.1, 0.15) is 12.5 Å². The fraction of sp³-hybridized carbons (Fsp3) is 0.222. The van der Waals surface area contributed by atoms with Gasteiger partial charge in [0.05, 0.1) is 16.3 Å². The lowest BCUT2D eigenvalue weighted by molar-refractivity contribution is -0.137. The Balaban J connectivity index is 1.68. The molecule has 0 saturated carbocycles. The number of nitrogens with zero attached hydrogens (tertiary/aromatic N) is 4. The smallest absolute Gasteiger partial charge is 0.325 e. The van der Waals surface area contributed by atoms with Crippen molar-refractivity contribution in [2.75, 3.05) is 11.1 Å². The third-order valence-corrected chi connectivity index (χ3v) is 5.11. The highest BCUT2D eigenvalue weighted by Crippen LogP contribution is 2.36. The molecule has 0 spiro atoms. The summed E-state index contributed by atoms with van der Waals surface area (Å²) in [5.41, 5.74) is -0.340. The first-order valence-electron chi connectivity index (χ1n) is 8.43. The van der Waals surface area contributed by atoms with E-state index in [4.69, 9.17) is 11.6 Å². The molecule has 29 heavy (non-hydrogen) atoms. The van der Waals surface area contributed by atoms with Crippen LogP contribution in [0, 0.1) is 0 Å². The second-order valence-electron chi connectivity index (χ2n) is 5.79. The Kier molecular flexibility index (Phi) is 6.43. The second kappa shape index (κ2) is 8.83. The molecule has 2 aromatic heterocycles. The van der Waals surface area contributed by atoms with E-state index in [-0.39, 0.29) is 11.4 Å².